The van der Waals surface area contributed by atoms with E-state index in [4.69, 9.17) is 24.2 Å². The van der Waals surface area contributed by atoms with Crippen molar-refractivity contribution in [3.05, 3.63) is 88.0 Å². The van der Waals surface area contributed by atoms with Gasteiger partial charge in [-0.1, -0.05) is 203 Å². The molecule has 0 radical (unpaired) electrons. The van der Waals surface area contributed by atoms with Gasteiger partial charge in [-0.2, -0.15) is 0 Å². The van der Waals surface area contributed by atoms with Crippen molar-refractivity contribution in [1.29, 1.82) is 0 Å². The minimum absolute atomic E-state index is 0.140. The molecule has 1 fully saturated rings. The number of phenolic OH excluding ortho intramolecular Hbond substituents is 2. The number of carbonyl (C=O) groups excluding carboxylic acids is 2. The Morgan fingerprint density at radius 1 is 0.529 bits per heavy atom. The highest BCUT2D eigenvalue weighted by Gasteiger charge is 2.36. The van der Waals surface area contributed by atoms with Crippen LogP contribution in [0.4, 0.5) is 9.59 Å². The van der Waals surface area contributed by atoms with Crippen molar-refractivity contribution >= 4 is 24.7 Å². The molecule has 3 aromatic carbocycles. The molecule has 1 aliphatic rings. The van der Waals surface area contributed by atoms with Gasteiger partial charge in [-0.3, -0.25) is 9.98 Å². The molecule has 0 bridgehead atoms. The lowest BCUT2D eigenvalue weighted by Gasteiger charge is -2.27. The first-order chi connectivity index (χ1) is 32.9. The van der Waals surface area contributed by atoms with E-state index in [0.717, 1.165) is 54.4 Å². The van der Waals surface area contributed by atoms with Gasteiger partial charge >= 0.3 is 12.2 Å². The van der Waals surface area contributed by atoms with Gasteiger partial charge in [-0.15, -0.1) is 0 Å². The molecule has 70 heavy (non-hydrogen) atoms. The lowest BCUT2D eigenvalue weighted by atomic mass is 9.79. The smallest absolute Gasteiger partial charge is 0.507 e. The molecular formula is C60H91N3O7. The fourth-order valence-corrected chi connectivity index (χ4v) is 8.78. The number of aromatic hydroxyl groups is 2. The highest BCUT2D eigenvalue weighted by atomic mass is 16.7. The minimum atomic E-state index is -0.635. The van der Waals surface area contributed by atoms with Crippen molar-refractivity contribution in [2.45, 2.75) is 220 Å². The van der Waals surface area contributed by atoms with Crippen LogP contribution in [0.5, 0.6) is 17.2 Å². The molecule has 1 heterocycles. The third-order valence-corrected chi connectivity index (χ3v) is 13.4. The van der Waals surface area contributed by atoms with Crippen molar-refractivity contribution in [3.8, 4) is 17.2 Å². The molecular weight excluding hydrogens is 875 g/mol. The number of carbonyl (C=O) groups is 2. The third kappa shape index (κ3) is 19.4. The molecule has 2 N–H and O–H groups in total. The summed E-state index contributed by atoms with van der Waals surface area (Å²) < 4.78 is 16.2. The zero-order chi connectivity index (χ0) is 51.5. The molecule has 0 saturated carbocycles. The number of aliphatic imine (C=N–C) groups is 2. The Balaban J connectivity index is 1.20. The largest absolute Gasteiger partial charge is 0.513 e. The van der Waals surface area contributed by atoms with Crippen LogP contribution in [-0.2, 0) is 31.1 Å². The summed E-state index contributed by atoms with van der Waals surface area (Å²) in [5.74, 6) is 0.935. The topological polar surface area (TPSA) is 130 Å². The molecule has 2 atom stereocenters. The van der Waals surface area contributed by atoms with Crippen LogP contribution < -0.4 is 4.74 Å². The highest BCUT2D eigenvalue weighted by Crippen LogP contribution is 2.39. The third-order valence-electron chi connectivity index (χ3n) is 13.4. The summed E-state index contributed by atoms with van der Waals surface area (Å²) in [6.07, 6.45) is 21.3. The second-order valence-corrected chi connectivity index (χ2v) is 23.8. The number of hydrogen-bond acceptors (Lipinski definition) is 9. The van der Waals surface area contributed by atoms with Crippen molar-refractivity contribution in [3.63, 3.8) is 0 Å². The fourth-order valence-electron chi connectivity index (χ4n) is 8.78. The van der Waals surface area contributed by atoms with Crippen LogP contribution in [0.2, 0.25) is 0 Å². The number of para-hydroxylation sites is 1. The summed E-state index contributed by atoms with van der Waals surface area (Å²) in [6.45, 7) is 27.1. The molecule has 3 aromatic rings. The Morgan fingerprint density at radius 2 is 0.886 bits per heavy atom. The molecule has 0 unspecified atom stereocenters. The fraction of sp³-hybridized carbons (Fsp3) is 0.633. The van der Waals surface area contributed by atoms with Crippen molar-refractivity contribution in [2.75, 3.05) is 26.3 Å². The summed E-state index contributed by atoms with van der Waals surface area (Å²) in [4.78, 5) is 37.1. The Hall–Kier alpha value is -4.86. The predicted molar refractivity (Wildman–Crippen MR) is 289 cm³/mol. The van der Waals surface area contributed by atoms with Gasteiger partial charge in [0.25, 0.3) is 0 Å². The molecule has 0 aromatic heterocycles. The number of phenols is 2. The van der Waals surface area contributed by atoms with Crippen LogP contribution in [0.25, 0.3) is 0 Å². The van der Waals surface area contributed by atoms with Gasteiger partial charge in [-0.05, 0) is 69.9 Å². The van der Waals surface area contributed by atoms with E-state index in [0.29, 0.717) is 43.2 Å². The Kier molecular flexibility index (Phi) is 22.3. The van der Waals surface area contributed by atoms with Gasteiger partial charge in [0.1, 0.15) is 17.2 Å². The van der Waals surface area contributed by atoms with E-state index in [1.165, 1.54) is 70.6 Å². The lowest BCUT2D eigenvalue weighted by Crippen LogP contribution is -2.30. The molecule has 0 aliphatic carbocycles. The van der Waals surface area contributed by atoms with Crippen LogP contribution >= 0.6 is 0 Å². The van der Waals surface area contributed by atoms with E-state index in [2.05, 4.69) is 95.2 Å². The second kappa shape index (κ2) is 27.1. The van der Waals surface area contributed by atoms with Crippen LogP contribution in [0.3, 0.4) is 0 Å². The molecule has 4 rings (SSSR count). The lowest BCUT2D eigenvalue weighted by molar-refractivity contribution is 0.0972. The Labute approximate surface area is 423 Å². The van der Waals surface area contributed by atoms with E-state index in [-0.39, 0.29) is 51.3 Å². The average molecular weight is 966 g/mol. The quantitative estimate of drug-likeness (QED) is 0.0396. The van der Waals surface area contributed by atoms with Crippen molar-refractivity contribution in [2.24, 2.45) is 9.98 Å². The number of unbranched alkanes of at least 4 members (excludes halogenated alkanes) is 15. The van der Waals surface area contributed by atoms with Crippen molar-refractivity contribution < 1.29 is 34.0 Å². The summed E-state index contributed by atoms with van der Waals surface area (Å²) in [5.41, 5.74) is 4.40. The zero-order valence-electron chi connectivity index (χ0n) is 45.4. The first-order valence-corrected chi connectivity index (χ1v) is 26.6. The van der Waals surface area contributed by atoms with E-state index in [9.17, 15) is 19.8 Å². The summed E-state index contributed by atoms with van der Waals surface area (Å²) >= 11 is 0. The molecule has 388 valence electrons. The van der Waals surface area contributed by atoms with Crippen LogP contribution in [0.15, 0.2) is 64.6 Å². The molecule has 10 nitrogen and oxygen atoms in total. The number of ether oxygens (including phenoxy) is 3. The number of nitrogens with zero attached hydrogens (tertiary/aromatic N) is 3. The number of rotatable bonds is 24. The SMILES string of the molecule is CC(C)(C)c1cc(C=N[C@@H]2CN(C(=O)OCCCCCCCCCCCCCCCCCCOC(=O)Oc3ccccc3)C[C@H]2N=Cc2cc(C(C)(C)C)cc(C(C)(C)C)c2O)c(O)c(C(C)(C)C)c1. The van der Waals surface area contributed by atoms with E-state index in [1.54, 1.807) is 29.5 Å². The first-order valence-electron chi connectivity index (χ1n) is 26.6. The number of amides is 1. The van der Waals surface area contributed by atoms with Crippen LogP contribution in [0.1, 0.15) is 219 Å². The summed E-state index contributed by atoms with van der Waals surface area (Å²) in [7, 11) is 0. The average Bonchev–Trinajstić information content (AvgIpc) is 3.69. The molecule has 1 aliphatic heterocycles. The second-order valence-electron chi connectivity index (χ2n) is 23.8. The van der Waals surface area contributed by atoms with Gasteiger partial charge in [-0.25, -0.2) is 9.59 Å². The number of likely N-dealkylation sites (tertiary alicyclic amines) is 1. The molecule has 10 heteroatoms. The summed E-state index contributed by atoms with van der Waals surface area (Å²) in [5, 5.41) is 23.1. The normalized spacial score (nSPS) is 15.9. The number of benzene rings is 3. The minimum Gasteiger partial charge on any atom is -0.507 e. The Bertz CT molecular complexity index is 2040. The Morgan fingerprint density at radius 3 is 1.24 bits per heavy atom. The van der Waals surface area contributed by atoms with Crippen molar-refractivity contribution in [1.82, 2.24) is 4.90 Å². The maximum Gasteiger partial charge on any atom is 0.513 e. The molecule has 1 saturated heterocycles. The monoisotopic (exact) mass is 966 g/mol. The standard InChI is InChI=1S/C60H91N3O7/c1-57(2,3)46-36-44(53(64)49(38-46)59(7,8)9)40-61-51-42-63(43-52(51)62-41-45-37-47(58(4,5)6)39-50(54(45)65)60(10,11)12)55(66)68-34-30-25-23-21-19-17-15-13-14-16-18-20-22-24-26-31-35-69-56(67)70-48-32-28-27-29-33-48/h27-29,32-33,36-41,51-52,64-65H,13-26,30-31,34-35,42-43H2,1-12H3/t51-,52-/m1/s1. The van der Waals surface area contributed by atoms with Crippen LogP contribution in [-0.4, -0.2) is 78.2 Å². The van der Waals surface area contributed by atoms with Gasteiger partial charge in [0.15, 0.2) is 0 Å². The maximum atomic E-state index is 13.6. The maximum absolute atomic E-state index is 13.6. The molecule has 1 amide bonds. The van der Waals surface area contributed by atoms with Gasteiger partial charge in [0, 0.05) is 47.8 Å². The van der Waals surface area contributed by atoms with Gasteiger partial charge < -0.3 is 29.3 Å². The first kappa shape index (κ1) is 57.7. The molecule has 0 spiro atoms. The van der Waals surface area contributed by atoms with E-state index >= 15 is 0 Å². The van der Waals surface area contributed by atoms with Gasteiger partial charge in [0.2, 0.25) is 0 Å². The summed E-state index contributed by atoms with van der Waals surface area (Å²) in [6, 6.07) is 16.5. The zero-order valence-corrected chi connectivity index (χ0v) is 45.4. The van der Waals surface area contributed by atoms with Crippen LogP contribution in [0, 0.1) is 0 Å². The number of hydrogen-bond donors (Lipinski definition) is 2. The predicted octanol–water partition coefficient (Wildman–Crippen LogP) is 15.5. The van der Waals surface area contributed by atoms with E-state index < -0.39 is 6.16 Å². The highest BCUT2D eigenvalue weighted by molar-refractivity contribution is 5.86. The van der Waals surface area contributed by atoms with E-state index in [1.807, 2.05) is 30.3 Å². The van der Waals surface area contributed by atoms with Gasteiger partial charge in [0.05, 0.1) is 25.3 Å².